The van der Waals surface area contributed by atoms with Crippen molar-refractivity contribution in [3.63, 3.8) is 0 Å². The van der Waals surface area contributed by atoms with Crippen LogP contribution in [0.5, 0.6) is 5.75 Å². The van der Waals surface area contributed by atoms with Crippen molar-refractivity contribution < 1.29 is 14.3 Å². The second-order valence-corrected chi connectivity index (χ2v) is 6.29. The smallest absolute Gasteiger partial charge is 0.236 e. The van der Waals surface area contributed by atoms with Crippen molar-refractivity contribution in [2.24, 2.45) is 0 Å². The van der Waals surface area contributed by atoms with Gasteiger partial charge in [-0.05, 0) is 26.1 Å². The van der Waals surface area contributed by atoms with Crippen molar-refractivity contribution >= 4 is 11.8 Å². The average molecular weight is 333 g/mol. The van der Waals surface area contributed by atoms with E-state index >= 15 is 0 Å². The van der Waals surface area contributed by atoms with Gasteiger partial charge in [-0.25, -0.2) is 0 Å². The van der Waals surface area contributed by atoms with Crippen LogP contribution in [0.4, 0.5) is 0 Å². The molecule has 2 amide bonds. The van der Waals surface area contributed by atoms with E-state index in [0.717, 1.165) is 5.75 Å². The van der Waals surface area contributed by atoms with E-state index in [9.17, 15) is 9.59 Å². The molecule has 0 N–H and O–H groups in total. The molecule has 0 atom stereocenters. The number of piperazine rings is 1. The molecule has 1 aromatic carbocycles. The molecule has 1 aliphatic heterocycles. The van der Waals surface area contributed by atoms with Crippen LogP contribution in [0.2, 0.25) is 0 Å². The maximum atomic E-state index is 12.3. The number of carbonyl (C=O) groups is 2. The molecule has 0 bridgehead atoms. The summed E-state index contributed by atoms with van der Waals surface area (Å²) in [4.78, 5) is 29.2. The molecule has 24 heavy (non-hydrogen) atoms. The van der Waals surface area contributed by atoms with Gasteiger partial charge in [0.15, 0.2) is 0 Å². The van der Waals surface area contributed by atoms with E-state index < -0.39 is 0 Å². The van der Waals surface area contributed by atoms with Crippen LogP contribution in [0.25, 0.3) is 0 Å². The van der Waals surface area contributed by atoms with Crippen molar-refractivity contribution in [2.75, 3.05) is 52.9 Å². The fourth-order valence-corrected chi connectivity index (χ4v) is 2.63. The number of nitrogens with zero attached hydrogens (tertiary/aromatic N) is 3. The topological polar surface area (TPSA) is 53.1 Å². The van der Waals surface area contributed by atoms with E-state index in [1.54, 1.807) is 11.8 Å². The Morgan fingerprint density at radius 1 is 1.08 bits per heavy atom. The standard InChI is InChI=1S/C18H27N3O3/c1-15-4-6-17(7-5-15)24-13-12-19(3)14-18(23)21-10-8-20(9-11-21)16(2)22/h4-7H,8-14H2,1-3H3. The molecule has 0 radical (unpaired) electrons. The largest absolute Gasteiger partial charge is 0.492 e. The van der Waals surface area contributed by atoms with E-state index in [2.05, 4.69) is 0 Å². The summed E-state index contributed by atoms with van der Waals surface area (Å²) < 4.78 is 5.69. The zero-order valence-corrected chi connectivity index (χ0v) is 14.8. The van der Waals surface area contributed by atoms with Gasteiger partial charge < -0.3 is 14.5 Å². The highest BCUT2D eigenvalue weighted by molar-refractivity contribution is 5.79. The van der Waals surface area contributed by atoms with Crippen LogP contribution < -0.4 is 4.74 Å². The molecule has 0 saturated carbocycles. The number of hydrogen-bond acceptors (Lipinski definition) is 4. The highest BCUT2D eigenvalue weighted by Gasteiger charge is 2.22. The van der Waals surface area contributed by atoms with Crippen LogP contribution >= 0.6 is 0 Å². The minimum atomic E-state index is 0.0764. The molecule has 0 aromatic heterocycles. The predicted molar refractivity (Wildman–Crippen MR) is 93.0 cm³/mol. The molecule has 6 nitrogen and oxygen atoms in total. The molecular weight excluding hydrogens is 306 g/mol. The lowest BCUT2D eigenvalue weighted by molar-refractivity contribution is -0.139. The number of carbonyl (C=O) groups excluding carboxylic acids is 2. The molecule has 1 aliphatic rings. The molecule has 0 spiro atoms. The summed E-state index contributed by atoms with van der Waals surface area (Å²) in [5.41, 5.74) is 1.20. The Hall–Kier alpha value is -2.08. The lowest BCUT2D eigenvalue weighted by atomic mass is 10.2. The van der Waals surface area contributed by atoms with Crippen molar-refractivity contribution in [2.45, 2.75) is 13.8 Å². The first-order valence-electron chi connectivity index (χ1n) is 8.37. The normalized spacial score (nSPS) is 14.8. The summed E-state index contributed by atoms with van der Waals surface area (Å²) in [7, 11) is 1.92. The molecule has 1 saturated heterocycles. The Balaban J connectivity index is 1.66. The minimum Gasteiger partial charge on any atom is -0.492 e. The summed E-state index contributed by atoms with van der Waals surface area (Å²) in [6.07, 6.45) is 0. The SMILES string of the molecule is CC(=O)N1CCN(C(=O)CN(C)CCOc2ccc(C)cc2)CC1. The van der Waals surface area contributed by atoms with Crippen LogP contribution in [0.15, 0.2) is 24.3 Å². The van der Waals surface area contributed by atoms with Gasteiger partial charge in [0.2, 0.25) is 11.8 Å². The van der Waals surface area contributed by atoms with Gasteiger partial charge in [0.25, 0.3) is 0 Å². The second kappa shape index (κ2) is 8.68. The summed E-state index contributed by atoms with van der Waals surface area (Å²) in [6, 6.07) is 7.94. The van der Waals surface area contributed by atoms with E-state index in [1.165, 1.54) is 5.56 Å². The van der Waals surface area contributed by atoms with E-state index in [4.69, 9.17) is 4.74 Å². The van der Waals surface area contributed by atoms with Gasteiger partial charge in [-0.2, -0.15) is 0 Å². The lowest BCUT2D eigenvalue weighted by Gasteiger charge is -2.35. The molecule has 0 aliphatic carbocycles. The van der Waals surface area contributed by atoms with Gasteiger partial charge in [0, 0.05) is 39.6 Å². The van der Waals surface area contributed by atoms with Gasteiger partial charge >= 0.3 is 0 Å². The number of aryl methyl sites for hydroxylation is 1. The first kappa shape index (κ1) is 18.3. The maximum absolute atomic E-state index is 12.3. The number of benzene rings is 1. The van der Waals surface area contributed by atoms with Crippen molar-refractivity contribution in [3.05, 3.63) is 29.8 Å². The van der Waals surface area contributed by atoms with Gasteiger partial charge in [-0.3, -0.25) is 14.5 Å². The fraction of sp³-hybridized carbons (Fsp3) is 0.556. The van der Waals surface area contributed by atoms with Crippen LogP contribution in [0, 0.1) is 6.92 Å². The van der Waals surface area contributed by atoms with Gasteiger partial charge in [0.1, 0.15) is 12.4 Å². The first-order chi connectivity index (χ1) is 11.5. The van der Waals surface area contributed by atoms with Crippen LogP contribution in [0.3, 0.4) is 0 Å². The zero-order chi connectivity index (χ0) is 17.5. The first-order valence-corrected chi connectivity index (χ1v) is 8.37. The highest BCUT2D eigenvalue weighted by Crippen LogP contribution is 2.11. The Labute approximate surface area is 144 Å². The summed E-state index contributed by atoms with van der Waals surface area (Å²) in [6.45, 7) is 7.70. The van der Waals surface area contributed by atoms with Crippen molar-refractivity contribution in [1.82, 2.24) is 14.7 Å². The van der Waals surface area contributed by atoms with Crippen LogP contribution in [-0.4, -0.2) is 79.4 Å². The Bertz CT molecular complexity index is 551. The summed E-state index contributed by atoms with van der Waals surface area (Å²) >= 11 is 0. The lowest BCUT2D eigenvalue weighted by Crippen LogP contribution is -2.52. The minimum absolute atomic E-state index is 0.0764. The molecule has 6 heteroatoms. The van der Waals surface area contributed by atoms with Crippen LogP contribution in [-0.2, 0) is 9.59 Å². The van der Waals surface area contributed by atoms with Crippen LogP contribution in [0.1, 0.15) is 12.5 Å². The van der Waals surface area contributed by atoms with Gasteiger partial charge in [-0.1, -0.05) is 17.7 Å². The molecule has 132 valence electrons. The van der Waals surface area contributed by atoms with Gasteiger partial charge in [0.05, 0.1) is 6.54 Å². The van der Waals surface area contributed by atoms with Crippen molar-refractivity contribution in [1.29, 1.82) is 0 Å². The predicted octanol–water partition coefficient (Wildman–Crippen LogP) is 0.996. The number of likely N-dealkylation sites (N-methyl/N-ethyl adjacent to an activating group) is 1. The molecular formula is C18H27N3O3. The summed E-state index contributed by atoms with van der Waals surface area (Å²) in [5.74, 6) is 1.03. The Morgan fingerprint density at radius 3 is 2.25 bits per heavy atom. The fourth-order valence-electron chi connectivity index (χ4n) is 2.63. The Kier molecular flexibility index (Phi) is 6.61. The van der Waals surface area contributed by atoms with E-state index in [1.807, 2.05) is 48.0 Å². The third-order valence-corrected chi connectivity index (χ3v) is 4.25. The third-order valence-electron chi connectivity index (χ3n) is 4.25. The molecule has 1 heterocycles. The number of hydrogen-bond donors (Lipinski definition) is 0. The van der Waals surface area contributed by atoms with Crippen molar-refractivity contribution in [3.8, 4) is 5.75 Å². The second-order valence-electron chi connectivity index (χ2n) is 6.29. The average Bonchev–Trinajstić information content (AvgIpc) is 2.56. The highest BCUT2D eigenvalue weighted by atomic mass is 16.5. The summed E-state index contributed by atoms with van der Waals surface area (Å²) in [5, 5.41) is 0. The number of rotatable bonds is 6. The maximum Gasteiger partial charge on any atom is 0.236 e. The third kappa shape index (κ3) is 5.53. The van der Waals surface area contributed by atoms with E-state index in [0.29, 0.717) is 45.9 Å². The number of ether oxygens (including phenoxy) is 1. The molecule has 1 fully saturated rings. The quantitative estimate of drug-likeness (QED) is 0.779. The number of amides is 2. The van der Waals surface area contributed by atoms with Gasteiger partial charge in [-0.15, -0.1) is 0 Å². The zero-order valence-electron chi connectivity index (χ0n) is 14.8. The molecule has 1 aromatic rings. The van der Waals surface area contributed by atoms with E-state index in [-0.39, 0.29) is 11.8 Å². The molecule has 2 rings (SSSR count). The molecule has 0 unspecified atom stereocenters. The monoisotopic (exact) mass is 333 g/mol. The Morgan fingerprint density at radius 2 is 1.67 bits per heavy atom.